The van der Waals surface area contributed by atoms with Crippen LogP contribution in [0.25, 0.3) is 0 Å². The molecule has 1 unspecified atom stereocenters. The van der Waals surface area contributed by atoms with Gasteiger partial charge in [0.15, 0.2) is 11.5 Å². The zero-order valence-electron chi connectivity index (χ0n) is 18.8. The lowest BCUT2D eigenvalue weighted by Gasteiger charge is -2.36. The van der Waals surface area contributed by atoms with E-state index in [1.807, 2.05) is 24.4 Å². The highest BCUT2D eigenvalue weighted by molar-refractivity contribution is 5.95. The third kappa shape index (κ3) is 5.56. The number of piperidine rings is 1. The van der Waals surface area contributed by atoms with Gasteiger partial charge in [0.05, 0.1) is 7.11 Å². The minimum Gasteiger partial charge on any atom is -0.493 e. The third-order valence-corrected chi connectivity index (χ3v) is 6.34. The van der Waals surface area contributed by atoms with Crippen molar-refractivity contribution in [3.05, 3.63) is 53.3 Å². The van der Waals surface area contributed by atoms with Crippen LogP contribution in [-0.2, 0) is 6.42 Å². The molecular weight excluding hydrogens is 390 g/mol. The molecule has 1 amide bonds. The smallest absolute Gasteiger partial charge is 0.251 e. The maximum absolute atomic E-state index is 12.4. The van der Waals surface area contributed by atoms with E-state index in [-0.39, 0.29) is 12.0 Å². The Kier molecular flexibility index (Phi) is 6.76. The van der Waals surface area contributed by atoms with Crippen LogP contribution < -0.4 is 14.8 Å². The van der Waals surface area contributed by atoms with Gasteiger partial charge in [0, 0.05) is 49.0 Å². The van der Waals surface area contributed by atoms with Crippen molar-refractivity contribution in [1.29, 1.82) is 0 Å². The summed E-state index contributed by atoms with van der Waals surface area (Å²) in [5, 5.41) is 3.03. The molecule has 1 aliphatic heterocycles. The number of hydrogen-bond donors (Lipinski definition) is 1. The maximum atomic E-state index is 12.4. The molecule has 2 aromatic rings. The highest BCUT2D eigenvalue weighted by Gasteiger charge is 2.27. The first kappa shape index (κ1) is 21.6. The number of aromatic nitrogens is 1. The van der Waals surface area contributed by atoms with Crippen molar-refractivity contribution in [2.45, 2.75) is 64.1 Å². The summed E-state index contributed by atoms with van der Waals surface area (Å²) in [5.41, 5.74) is 3.06. The SMILES string of the molecule is COc1ccc(C(=O)NC2CC2)cc1OC1CCN(C(C)Cc2ncccc2C)CC1. The van der Waals surface area contributed by atoms with Crippen LogP contribution in [0.4, 0.5) is 0 Å². The predicted molar refractivity (Wildman–Crippen MR) is 121 cm³/mol. The summed E-state index contributed by atoms with van der Waals surface area (Å²) < 4.78 is 11.8. The highest BCUT2D eigenvalue weighted by atomic mass is 16.5. The minimum atomic E-state index is -0.0385. The van der Waals surface area contributed by atoms with Crippen LogP contribution in [0.3, 0.4) is 0 Å². The van der Waals surface area contributed by atoms with Gasteiger partial charge in [0.1, 0.15) is 6.10 Å². The van der Waals surface area contributed by atoms with Crippen LogP contribution >= 0.6 is 0 Å². The van der Waals surface area contributed by atoms with E-state index in [1.54, 1.807) is 13.2 Å². The van der Waals surface area contributed by atoms with Crippen molar-refractivity contribution in [3.63, 3.8) is 0 Å². The van der Waals surface area contributed by atoms with Gasteiger partial charge in [0.25, 0.3) is 5.91 Å². The number of carbonyl (C=O) groups excluding carboxylic acids is 1. The number of hydrogen-bond acceptors (Lipinski definition) is 5. The molecule has 6 heteroatoms. The molecule has 2 heterocycles. The molecule has 1 saturated heterocycles. The van der Waals surface area contributed by atoms with Crippen LogP contribution in [0, 0.1) is 6.92 Å². The third-order valence-electron chi connectivity index (χ3n) is 6.34. The van der Waals surface area contributed by atoms with Crippen molar-refractivity contribution in [2.24, 2.45) is 0 Å². The Balaban J connectivity index is 1.33. The van der Waals surface area contributed by atoms with Crippen molar-refractivity contribution >= 4 is 5.91 Å². The average molecular weight is 424 g/mol. The second kappa shape index (κ2) is 9.69. The monoisotopic (exact) mass is 423 g/mol. The normalized spacial score (nSPS) is 18.4. The largest absolute Gasteiger partial charge is 0.493 e. The summed E-state index contributed by atoms with van der Waals surface area (Å²) in [6.07, 6.45) is 7.01. The van der Waals surface area contributed by atoms with Gasteiger partial charge >= 0.3 is 0 Å². The average Bonchev–Trinajstić information content (AvgIpc) is 3.60. The Labute approximate surface area is 185 Å². The first-order valence-corrected chi connectivity index (χ1v) is 11.3. The first-order chi connectivity index (χ1) is 15.0. The summed E-state index contributed by atoms with van der Waals surface area (Å²) in [6.45, 7) is 6.38. The molecule has 1 N–H and O–H groups in total. The molecule has 1 aromatic carbocycles. The molecule has 1 aliphatic carbocycles. The van der Waals surface area contributed by atoms with Crippen LogP contribution in [0.15, 0.2) is 36.5 Å². The molecule has 1 saturated carbocycles. The maximum Gasteiger partial charge on any atom is 0.251 e. The number of nitrogens with one attached hydrogen (secondary N) is 1. The van der Waals surface area contributed by atoms with Crippen LogP contribution in [-0.4, -0.2) is 54.2 Å². The second-order valence-corrected chi connectivity index (χ2v) is 8.79. The fourth-order valence-corrected chi connectivity index (χ4v) is 4.16. The fourth-order valence-electron chi connectivity index (χ4n) is 4.16. The molecule has 0 bridgehead atoms. The minimum absolute atomic E-state index is 0.0385. The zero-order chi connectivity index (χ0) is 21.8. The predicted octanol–water partition coefficient (Wildman–Crippen LogP) is 3.77. The summed E-state index contributed by atoms with van der Waals surface area (Å²) in [4.78, 5) is 19.5. The Morgan fingerprint density at radius 3 is 2.65 bits per heavy atom. The first-order valence-electron chi connectivity index (χ1n) is 11.3. The topological polar surface area (TPSA) is 63.7 Å². The van der Waals surface area contributed by atoms with Crippen LogP contribution in [0.2, 0.25) is 0 Å². The van der Waals surface area contributed by atoms with Gasteiger partial charge < -0.3 is 14.8 Å². The number of pyridine rings is 1. The van der Waals surface area contributed by atoms with Crippen molar-refractivity contribution < 1.29 is 14.3 Å². The number of aryl methyl sites for hydroxylation is 1. The molecule has 0 radical (unpaired) electrons. The van der Waals surface area contributed by atoms with Crippen LogP contribution in [0.5, 0.6) is 11.5 Å². The van der Waals surface area contributed by atoms with Gasteiger partial charge in [0.2, 0.25) is 0 Å². The zero-order valence-corrected chi connectivity index (χ0v) is 18.8. The number of likely N-dealkylation sites (tertiary alicyclic amines) is 1. The van der Waals surface area contributed by atoms with Crippen molar-refractivity contribution in [1.82, 2.24) is 15.2 Å². The number of rotatable bonds is 8. The van der Waals surface area contributed by atoms with Crippen molar-refractivity contribution in [2.75, 3.05) is 20.2 Å². The van der Waals surface area contributed by atoms with Gasteiger partial charge in [-0.2, -0.15) is 0 Å². The summed E-state index contributed by atoms with van der Waals surface area (Å²) >= 11 is 0. The van der Waals surface area contributed by atoms with E-state index in [9.17, 15) is 4.79 Å². The number of benzene rings is 1. The van der Waals surface area contributed by atoms with E-state index in [0.717, 1.165) is 45.2 Å². The fraction of sp³-hybridized carbons (Fsp3) is 0.520. The Bertz CT molecular complexity index is 905. The molecule has 6 nitrogen and oxygen atoms in total. The van der Waals surface area contributed by atoms with Gasteiger partial charge in [-0.15, -0.1) is 0 Å². The second-order valence-electron chi connectivity index (χ2n) is 8.79. The van der Waals surface area contributed by atoms with Crippen LogP contribution in [0.1, 0.15) is 54.2 Å². The van der Waals surface area contributed by atoms with Gasteiger partial charge in [-0.3, -0.25) is 14.7 Å². The Hall–Kier alpha value is -2.60. The number of ether oxygens (including phenoxy) is 2. The lowest BCUT2D eigenvalue weighted by atomic mass is 10.0. The molecule has 2 aliphatic rings. The number of carbonyl (C=O) groups is 1. The molecule has 166 valence electrons. The Morgan fingerprint density at radius 1 is 1.19 bits per heavy atom. The van der Waals surface area contributed by atoms with E-state index >= 15 is 0 Å². The summed E-state index contributed by atoms with van der Waals surface area (Å²) in [6, 6.07) is 10.3. The number of amides is 1. The molecule has 1 aromatic heterocycles. The summed E-state index contributed by atoms with van der Waals surface area (Å²) in [7, 11) is 1.63. The van der Waals surface area contributed by atoms with Gasteiger partial charge in [-0.25, -0.2) is 0 Å². The van der Waals surface area contributed by atoms with Gasteiger partial charge in [-0.1, -0.05) is 6.07 Å². The van der Waals surface area contributed by atoms with E-state index in [2.05, 4.69) is 35.1 Å². The quantitative estimate of drug-likeness (QED) is 0.700. The number of methoxy groups -OCH3 is 1. The lowest BCUT2D eigenvalue weighted by Crippen LogP contribution is -2.44. The molecule has 1 atom stereocenters. The van der Waals surface area contributed by atoms with Crippen molar-refractivity contribution in [3.8, 4) is 11.5 Å². The highest BCUT2D eigenvalue weighted by Crippen LogP contribution is 2.31. The lowest BCUT2D eigenvalue weighted by molar-refractivity contribution is 0.0774. The van der Waals surface area contributed by atoms with E-state index < -0.39 is 0 Å². The molecule has 0 spiro atoms. The molecule has 31 heavy (non-hydrogen) atoms. The van der Waals surface area contributed by atoms with E-state index in [1.165, 1.54) is 11.3 Å². The molecular formula is C25H33N3O3. The molecule has 2 fully saturated rings. The van der Waals surface area contributed by atoms with Gasteiger partial charge in [-0.05, 0) is 69.4 Å². The Morgan fingerprint density at radius 2 is 1.97 bits per heavy atom. The van der Waals surface area contributed by atoms with E-state index in [4.69, 9.17) is 9.47 Å². The standard InChI is InChI=1S/C25H33N3O3/c1-17-5-4-12-26-22(17)15-18(2)28-13-10-21(11-14-28)31-24-16-19(6-9-23(24)30-3)25(29)27-20-7-8-20/h4-6,9,12,16,18,20-21H,7-8,10-11,13-15H2,1-3H3,(H,27,29). The molecule has 4 rings (SSSR count). The van der Waals surface area contributed by atoms with E-state index in [0.29, 0.717) is 29.1 Å². The number of nitrogens with zero attached hydrogens (tertiary/aromatic N) is 2. The summed E-state index contributed by atoms with van der Waals surface area (Å²) in [5.74, 6) is 1.29.